The van der Waals surface area contributed by atoms with Crippen molar-refractivity contribution in [3.05, 3.63) is 54.9 Å². The van der Waals surface area contributed by atoms with Crippen LogP contribution in [-0.2, 0) is 0 Å². The van der Waals surface area contributed by atoms with Crippen LogP contribution >= 0.6 is 0 Å². The fraction of sp³-hybridized carbons (Fsp3) is 0.211. The Morgan fingerprint density at radius 3 is 1.39 bits per heavy atom. The van der Waals surface area contributed by atoms with E-state index in [1.54, 1.807) is 12.4 Å². The summed E-state index contributed by atoms with van der Waals surface area (Å²) in [5.74, 6) is 3.21. The fourth-order valence-corrected chi connectivity index (χ4v) is 2.41. The molecular weight excluding hydrogens is 354 g/mol. The van der Waals surface area contributed by atoms with Crippen molar-refractivity contribution in [2.24, 2.45) is 0 Å². The van der Waals surface area contributed by atoms with Gasteiger partial charge in [0.25, 0.3) is 0 Å². The third kappa shape index (κ3) is 6.20. The van der Waals surface area contributed by atoms with E-state index in [1.807, 2.05) is 42.5 Å². The zero-order valence-corrected chi connectivity index (χ0v) is 15.5. The lowest BCUT2D eigenvalue weighted by Gasteiger charge is -2.11. The van der Waals surface area contributed by atoms with Crippen molar-refractivity contribution < 1.29 is 0 Å². The molecular formula is C19H25N9. The van der Waals surface area contributed by atoms with Crippen molar-refractivity contribution in [3.8, 4) is 0 Å². The number of nitrogens with two attached hydrogens (primary N) is 2. The minimum absolute atomic E-state index is 0.650. The van der Waals surface area contributed by atoms with Gasteiger partial charge in [-0.25, -0.2) is 15.0 Å². The third-order valence-corrected chi connectivity index (χ3v) is 3.80. The molecule has 3 aromatic heterocycles. The van der Waals surface area contributed by atoms with Gasteiger partial charge in [-0.2, -0.15) is 0 Å². The van der Waals surface area contributed by atoms with Gasteiger partial charge >= 0.3 is 0 Å². The summed E-state index contributed by atoms with van der Waals surface area (Å²) >= 11 is 0. The molecule has 0 fully saturated rings. The SMILES string of the molecule is Nc1ccc(NCCNc2cccc(NCCNc3ccc(N)cn3)n2)nc1. The van der Waals surface area contributed by atoms with Crippen LogP contribution in [0, 0.1) is 0 Å². The molecule has 28 heavy (non-hydrogen) atoms. The summed E-state index contributed by atoms with van der Waals surface area (Å²) in [6.07, 6.45) is 3.26. The van der Waals surface area contributed by atoms with Crippen molar-refractivity contribution >= 4 is 34.6 Å². The lowest BCUT2D eigenvalue weighted by atomic mass is 10.4. The minimum atomic E-state index is 0.650. The molecule has 9 heteroatoms. The number of anilines is 6. The maximum Gasteiger partial charge on any atom is 0.128 e. The summed E-state index contributed by atoms with van der Waals surface area (Å²) in [5.41, 5.74) is 12.5. The lowest BCUT2D eigenvalue weighted by Crippen LogP contribution is -2.17. The van der Waals surface area contributed by atoms with Crippen molar-refractivity contribution in [1.82, 2.24) is 15.0 Å². The molecule has 0 atom stereocenters. The van der Waals surface area contributed by atoms with Crippen LogP contribution in [-0.4, -0.2) is 41.1 Å². The number of pyridine rings is 3. The molecule has 0 saturated heterocycles. The van der Waals surface area contributed by atoms with E-state index in [0.717, 1.165) is 36.4 Å². The van der Waals surface area contributed by atoms with Gasteiger partial charge in [0.2, 0.25) is 0 Å². The Bertz CT molecular complexity index is 781. The monoisotopic (exact) mass is 379 g/mol. The third-order valence-electron chi connectivity index (χ3n) is 3.80. The van der Waals surface area contributed by atoms with Crippen LogP contribution in [0.25, 0.3) is 0 Å². The Kier molecular flexibility index (Phi) is 6.67. The summed E-state index contributed by atoms with van der Waals surface area (Å²) in [5, 5.41) is 13.0. The van der Waals surface area contributed by atoms with E-state index in [-0.39, 0.29) is 0 Å². The zero-order valence-electron chi connectivity index (χ0n) is 15.5. The Hall–Kier alpha value is -3.75. The van der Waals surface area contributed by atoms with Gasteiger partial charge in [0.05, 0.1) is 23.8 Å². The summed E-state index contributed by atoms with van der Waals surface area (Å²) in [7, 11) is 0. The van der Waals surface area contributed by atoms with E-state index in [0.29, 0.717) is 24.5 Å². The van der Waals surface area contributed by atoms with Gasteiger partial charge in [-0.3, -0.25) is 0 Å². The first kappa shape index (κ1) is 19.0. The van der Waals surface area contributed by atoms with Gasteiger partial charge in [0.15, 0.2) is 0 Å². The zero-order chi connectivity index (χ0) is 19.6. The molecule has 3 heterocycles. The number of nitrogen functional groups attached to an aromatic ring is 2. The number of hydrogen-bond acceptors (Lipinski definition) is 9. The van der Waals surface area contributed by atoms with Gasteiger partial charge in [-0.1, -0.05) is 6.07 Å². The van der Waals surface area contributed by atoms with E-state index < -0.39 is 0 Å². The fourth-order valence-electron chi connectivity index (χ4n) is 2.41. The highest BCUT2D eigenvalue weighted by molar-refractivity contribution is 5.47. The Labute approximate surface area is 164 Å². The van der Waals surface area contributed by atoms with E-state index >= 15 is 0 Å². The van der Waals surface area contributed by atoms with E-state index in [1.165, 1.54) is 0 Å². The highest BCUT2D eigenvalue weighted by Gasteiger charge is 1.99. The molecule has 0 aromatic carbocycles. The average molecular weight is 379 g/mol. The number of hydrogen-bond donors (Lipinski definition) is 6. The van der Waals surface area contributed by atoms with Crippen LogP contribution in [0.4, 0.5) is 34.6 Å². The summed E-state index contributed by atoms with van der Waals surface area (Å²) in [6, 6.07) is 13.2. The molecule has 0 saturated carbocycles. The molecule has 0 radical (unpaired) electrons. The Morgan fingerprint density at radius 2 is 1.00 bits per heavy atom. The summed E-state index contributed by atoms with van der Waals surface area (Å²) < 4.78 is 0. The first-order chi connectivity index (χ1) is 13.7. The number of nitrogens with one attached hydrogen (secondary N) is 4. The molecule has 0 aliphatic rings. The van der Waals surface area contributed by atoms with Crippen molar-refractivity contribution in [1.29, 1.82) is 0 Å². The van der Waals surface area contributed by atoms with E-state index in [4.69, 9.17) is 11.5 Å². The molecule has 0 bridgehead atoms. The minimum Gasteiger partial charge on any atom is -0.397 e. The molecule has 0 aliphatic carbocycles. The molecule has 0 amide bonds. The molecule has 0 aliphatic heterocycles. The van der Waals surface area contributed by atoms with Crippen LogP contribution < -0.4 is 32.7 Å². The maximum absolute atomic E-state index is 5.62. The van der Waals surface area contributed by atoms with Gasteiger partial charge in [-0.05, 0) is 36.4 Å². The van der Waals surface area contributed by atoms with Crippen molar-refractivity contribution in [2.45, 2.75) is 0 Å². The second-order valence-electron chi connectivity index (χ2n) is 6.07. The van der Waals surface area contributed by atoms with Crippen LogP contribution in [0.3, 0.4) is 0 Å². The molecule has 9 nitrogen and oxygen atoms in total. The number of nitrogens with zero attached hydrogens (tertiary/aromatic N) is 3. The van der Waals surface area contributed by atoms with Crippen molar-refractivity contribution in [2.75, 3.05) is 58.9 Å². The first-order valence-corrected chi connectivity index (χ1v) is 9.05. The van der Waals surface area contributed by atoms with Gasteiger partial charge in [0.1, 0.15) is 23.3 Å². The normalized spacial score (nSPS) is 10.3. The number of rotatable bonds is 10. The van der Waals surface area contributed by atoms with Crippen LogP contribution in [0.1, 0.15) is 0 Å². The summed E-state index contributed by atoms with van der Waals surface area (Å²) in [4.78, 5) is 12.9. The molecule has 0 unspecified atom stereocenters. The summed E-state index contributed by atoms with van der Waals surface area (Å²) in [6.45, 7) is 2.86. The highest BCUT2D eigenvalue weighted by Crippen LogP contribution is 2.10. The second-order valence-corrected chi connectivity index (χ2v) is 6.07. The standard InChI is InChI=1S/C19H25N9/c20-14-4-6-16(26-12-14)22-8-10-24-18-2-1-3-19(28-18)25-11-9-23-17-7-5-15(21)13-27-17/h1-7,12-13H,8-11,20-21H2,(H,22,26)(H,23,27)(H2,24,25,28). The van der Waals surface area contributed by atoms with Crippen LogP contribution in [0.5, 0.6) is 0 Å². The molecule has 146 valence electrons. The largest absolute Gasteiger partial charge is 0.397 e. The molecule has 0 spiro atoms. The lowest BCUT2D eigenvalue weighted by molar-refractivity contribution is 1.03. The van der Waals surface area contributed by atoms with Crippen LogP contribution in [0.2, 0.25) is 0 Å². The molecule has 8 N–H and O–H groups in total. The van der Waals surface area contributed by atoms with E-state index in [2.05, 4.69) is 36.2 Å². The van der Waals surface area contributed by atoms with Gasteiger partial charge in [-0.15, -0.1) is 0 Å². The van der Waals surface area contributed by atoms with Crippen molar-refractivity contribution in [3.63, 3.8) is 0 Å². The van der Waals surface area contributed by atoms with Gasteiger partial charge < -0.3 is 32.7 Å². The smallest absolute Gasteiger partial charge is 0.128 e. The van der Waals surface area contributed by atoms with Crippen LogP contribution in [0.15, 0.2) is 54.9 Å². The number of aromatic nitrogens is 3. The maximum atomic E-state index is 5.62. The molecule has 3 rings (SSSR count). The average Bonchev–Trinajstić information content (AvgIpc) is 2.72. The Morgan fingerprint density at radius 1 is 0.571 bits per heavy atom. The first-order valence-electron chi connectivity index (χ1n) is 9.05. The van der Waals surface area contributed by atoms with E-state index in [9.17, 15) is 0 Å². The topological polar surface area (TPSA) is 139 Å². The van der Waals surface area contributed by atoms with Gasteiger partial charge in [0, 0.05) is 26.2 Å². The molecule has 3 aromatic rings. The predicted molar refractivity (Wildman–Crippen MR) is 115 cm³/mol. The predicted octanol–water partition coefficient (Wildman–Crippen LogP) is 2.08. The second kappa shape index (κ2) is 9.81. The quantitative estimate of drug-likeness (QED) is 0.292. The highest BCUT2D eigenvalue weighted by atomic mass is 15.1. The Balaban J connectivity index is 1.36.